The average Bonchev–Trinajstić information content (AvgIpc) is 2.36. The van der Waals surface area contributed by atoms with E-state index in [0.29, 0.717) is 19.0 Å². The molecular weight excluding hydrogens is 234 g/mol. The summed E-state index contributed by atoms with van der Waals surface area (Å²) in [6.07, 6.45) is 2.75. The molecule has 5 nitrogen and oxygen atoms in total. The van der Waals surface area contributed by atoms with Gasteiger partial charge in [-0.2, -0.15) is 0 Å². The van der Waals surface area contributed by atoms with E-state index in [9.17, 15) is 10.1 Å². The maximum absolute atomic E-state index is 10.9. The van der Waals surface area contributed by atoms with Gasteiger partial charge in [0.2, 0.25) is 5.75 Å². The first kappa shape index (κ1) is 14.3. The second kappa shape index (κ2) is 7.53. The third-order valence-corrected chi connectivity index (χ3v) is 2.36. The van der Waals surface area contributed by atoms with Gasteiger partial charge in [0, 0.05) is 12.1 Å². The first-order valence-corrected chi connectivity index (χ1v) is 6.23. The fraction of sp³-hybridized carbons (Fsp3) is 0.538. The Morgan fingerprint density at radius 3 is 2.56 bits per heavy atom. The van der Waals surface area contributed by atoms with E-state index >= 15 is 0 Å². The Morgan fingerprint density at radius 2 is 1.94 bits per heavy atom. The van der Waals surface area contributed by atoms with Crippen molar-refractivity contribution in [2.45, 2.75) is 33.1 Å². The fourth-order valence-corrected chi connectivity index (χ4v) is 1.40. The van der Waals surface area contributed by atoms with E-state index in [1.807, 2.05) is 13.8 Å². The Kier molecular flexibility index (Phi) is 5.97. The second-order valence-corrected chi connectivity index (χ2v) is 3.94. The van der Waals surface area contributed by atoms with Crippen molar-refractivity contribution < 1.29 is 14.4 Å². The number of rotatable bonds is 8. The molecule has 0 saturated heterocycles. The highest BCUT2D eigenvalue weighted by Crippen LogP contribution is 2.31. The zero-order valence-corrected chi connectivity index (χ0v) is 10.8. The standard InChI is InChI=1S/C13H19NO4/c1-3-5-9-18-13-10-11(17-8-4-2)6-7-12(13)14(15)16/h6-7,10H,3-5,8-9H2,1-2H3. The van der Waals surface area contributed by atoms with Crippen LogP contribution < -0.4 is 9.47 Å². The topological polar surface area (TPSA) is 61.6 Å². The van der Waals surface area contributed by atoms with Crippen LogP contribution in [-0.4, -0.2) is 18.1 Å². The van der Waals surface area contributed by atoms with Crippen LogP contribution in [0.25, 0.3) is 0 Å². The number of nitrogens with zero attached hydrogens (tertiary/aromatic N) is 1. The van der Waals surface area contributed by atoms with Gasteiger partial charge in [-0.3, -0.25) is 10.1 Å². The Bertz CT molecular complexity index is 393. The van der Waals surface area contributed by atoms with Gasteiger partial charge in [-0.15, -0.1) is 0 Å². The summed E-state index contributed by atoms with van der Waals surface area (Å²) < 4.78 is 10.9. The molecule has 0 aliphatic carbocycles. The van der Waals surface area contributed by atoms with Crippen molar-refractivity contribution in [1.82, 2.24) is 0 Å². The van der Waals surface area contributed by atoms with Crippen molar-refractivity contribution in [3.63, 3.8) is 0 Å². The van der Waals surface area contributed by atoms with Gasteiger partial charge >= 0.3 is 5.69 Å². The molecule has 0 atom stereocenters. The molecule has 0 aliphatic heterocycles. The maximum atomic E-state index is 10.9. The summed E-state index contributed by atoms with van der Waals surface area (Å²) in [5, 5.41) is 10.9. The summed E-state index contributed by atoms with van der Waals surface area (Å²) in [5.41, 5.74) is -0.0186. The normalized spacial score (nSPS) is 10.1. The van der Waals surface area contributed by atoms with Crippen LogP contribution in [-0.2, 0) is 0 Å². The van der Waals surface area contributed by atoms with E-state index < -0.39 is 4.92 Å². The van der Waals surface area contributed by atoms with E-state index in [1.54, 1.807) is 12.1 Å². The molecule has 1 aromatic carbocycles. The molecule has 0 bridgehead atoms. The Morgan fingerprint density at radius 1 is 1.17 bits per heavy atom. The molecule has 0 fully saturated rings. The van der Waals surface area contributed by atoms with Gasteiger partial charge in [-0.25, -0.2) is 0 Å². The summed E-state index contributed by atoms with van der Waals surface area (Å²) in [5.74, 6) is 0.885. The number of hydrogen-bond acceptors (Lipinski definition) is 4. The van der Waals surface area contributed by atoms with Gasteiger partial charge in [0.25, 0.3) is 0 Å². The summed E-state index contributed by atoms with van der Waals surface area (Å²) >= 11 is 0. The van der Waals surface area contributed by atoms with Crippen LogP contribution in [0.15, 0.2) is 18.2 Å². The summed E-state index contributed by atoms with van der Waals surface area (Å²) in [7, 11) is 0. The molecular formula is C13H19NO4. The largest absolute Gasteiger partial charge is 0.493 e. The van der Waals surface area contributed by atoms with Gasteiger partial charge < -0.3 is 9.47 Å². The van der Waals surface area contributed by atoms with Gasteiger partial charge in [0.1, 0.15) is 5.75 Å². The van der Waals surface area contributed by atoms with Crippen LogP contribution in [0.4, 0.5) is 5.69 Å². The van der Waals surface area contributed by atoms with Crippen molar-refractivity contribution in [2.24, 2.45) is 0 Å². The Labute approximate surface area is 107 Å². The highest BCUT2D eigenvalue weighted by atomic mass is 16.6. The van der Waals surface area contributed by atoms with Crippen LogP contribution in [0.5, 0.6) is 11.5 Å². The van der Waals surface area contributed by atoms with E-state index in [1.165, 1.54) is 6.07 Å². The molecule has 100 valence electrons. The minimum atomic E-state index is -0.440. The predicted molar refractivity (Wildman–Crippen MR) is 69.3 cm³/mol. The monoisotopic (exact) mass is 253 g/mol. The van der Waals surface area contributed by atoms with Crippen LogP contribution in [0.3, 0.4) is 0 Å². The molecule has 0 aromatic heterocycles. The number of nitro groups is 1. The van der Waals surface area contributed by atoms with Crippen LogP contribution in [0.2, 0.25) is 0 Å². The number of nitro benzene ring substituents is 1. The fourth-order valence-electron chi connectivity index (χ4n) is 1.40. The van der Waals surface area contributed by atoms with Crippen molar-refractivity contribution in [1.29, 1.82) is 0 Å². The molecule has 0 amide bonds. The molecule has 1 rings (SSSR count). The lowest BCUT2D eigenvalue weighted by atomic mass is 10.2. The lowest BCUT2D eigenvalue weighted by molar-refractivity contribution is -0.385. The van der Waals surface area contributed by atoms with E-state index in [2.05, 4.69) is 0 Å². The smallest absolute Gasteiger partial charge is 0.311 e. The lowest BCUT2D eigenvalue weighted by Crippen LogP contribution is -2.01. The predicted octanol–water partition coefficient (Wildman–Crippen LogP) is 3.56. The highest BCUT2D eigenvalue weighted by molar-refractivity contribution is 5.50. The van der Waals surface area contributed by atoms with E-state index in [-0.39, 0.29) is 11.4 Å². The molecule has 0 unspecified atom stereocenters. The highest BCUT2D eigenvalue weighted by Gasteiger charge is 2.15. The molecule has 0 N–H and O–H groups in total. The first-order chi connectivity index (χ1) is 8.69. The molecule has 0 spiro atoms. The molecule has 0 saturated carbocycles. The quantitative estimate of drug-likeness (QED) is 0.403. The maximum Gasteiger partial charge on any atom is 0.311 e. The van der Waals surface area contributed by atoms with Crippen molar-refractivity contribution >= 4 is 5.69 Å². The van der Waals surface area contributed by atoms with Crippen LogP contribution in [0, 0.1) is 10.1 Å². The summed E-state index contributed by atoms with van der Waals surface area (Å²) in [6.45, 7) is 5.11. The Balaban J connectivity index is 2.82. The summed E-state index contributed by atoms with van der Waals surface area (Å²) in [6, 6.07) is 4.61. The third-order valence-electron chi connectivity index (χ3n) is 2.36. The summed E-state index contributed by atoms with van der Waals surface area (Å²) in [4.78, 5) is 10.4. The number of hydrogen-bond donors (Lipinski definition) is 0. The van der Waals surface area contributed by atoms with Gasteiger partial charge in [-0.05, 0) is 18.9 Å². The number of unbranched alkanes of at least 4 members (excludes halogenated alkanes) is 1. The minimum Gasteiger partial charge on any atom is -0.493 e. The van der Waals surface area contributed by atoms with Gasteiger partial charge in [0.15, 0.2) is 0 Å². The molecule has 1 aromatic rings. The van der Waals surface area contributed by atoms with Crippen molar-refractivity contribution in [3.05, 3.63) is 28.3 Å². The zero-order valence-electron chi connectivity index (χ0n) is 10.8. The lowest BCUT2D eigenvalue weighted by Gasteiger charge is -2.09. The average molecular weight is 253 g/mol. The van der Waals surface area contributed by atoms with E-state index in [4.69, 9.17) is 9.47 Å². The zero-order chi connectivity index (χ0) is 13.4. The van der Waals surface area contributed by atoms with Crippen LogP contribution in [0.1, 0.15) is 33.1 Å². The second-order valence-electron chi connectivity index (χ2n) is 3.94. The SMILES string of the molecule is CCCCOc1cc(OCCC)ccc1[N+](=O)[O-]. The molecule has 18 heavy (non-hydrogen) atoms. The number of ether oxygens (including phenoxy) is 2. The number of benzene rings is 1. The van der Waals surface area contributed by atoms with E-state index in [0.717, 1.165) is 19.3 Å². The molecule has 5 heteroatoms. The van der Waals surface area contributed by atoms with Crippen LogP contribution >= 0.6 is 0 Å². The van der Waals surface area contributed by atoms with Gasteiger partial charge in [0.05, 0.1) is 18.1 Å². The van der Waals surface area contributed by atoms with Crippen molar-refractivity contribution in [3.8, 4) is 11.5 Å². The minimum absolute atomic E-state index is 0.0186. The molecule has 0 heterocycles. The Hall–Kier alpha value is -1.78. The van der Waals surface area contributed by atoms with Gasteiger partial charge in [-0.1, -0.05) is 20.3 Å². The first-order valence-electron chi connectivity index (χ1n) is 6.23. The molecule has 0 radical (unpaired) electrons. The van der Waals surface area contributed by atoms with Crippen molar-refractivity contribution in [2.75, 3.05) is 13.2 Å². The molecule has 0 aliphatic rings. The third kappa shape index (κ3) is 4.24.